The van der Waals surface area contributed by atoms with Crippen molar-refractivity contribution in [1.29, 1.82) is 0 Å². The third-order valence-electron chi connectivity index (χ3n) is 10.6. The number of ether oxygens (including phenoxy) is 2. The number of hydrogen-bond donors (Lipinski definition) is 6. The number of hydrogen-bond acceptors (Lipinski definition) is 11. The van der Waals surface area contributed by atoms with Crippen molar-refractivity contribution in [3.63, 3.8) is 0 Å². The highest BCUT2D eigenvalue weighted by atomic mass is 31.2. The van der Waals surface area contributed by atoms with Gasteiger partial charge >= 0.3 is 13.8 Å². The van der Waals surface area contributed by atoms with Crippen LogP contribution in [0.2, 0.25) is 0 Å². The van der Waals surface area contributed by atoms with Gasteiger partial charge in [-0.2, -0.15) is 0 Å². The maximum atomic E-state index is 12.8. The van der Waals surface area contributed by atoms with E-state index in [-0.39, 0.29) is 13.0 Å². The molecule has 0 aromatic rings. The lowest BCUT2D eigenvalue weighted by Crippen LogP contribution is -2.64. The van der Waals surface area contributed by atoms with Gasteiger partial charge in [-0.25, -0.2) is 4.57 Å². The van der Waals surface area contributed by atoms with Crippen LogP contribution >= 0.6 is 7.82 Å². The minimum absolute atomic E-state index is 0.107. The number of esters is 1. The zero-order chi connectivity index (χ0) is 48.4. The first-order chi connectivity index (χ1) is 32.0. The third kappa shape index (κ3) is 33.5. The molecule has 12 nitrogen and oxygen atoms in total. The minimum Gasteiger partial charge on any atom is -0.457 e. The first-order valence-corrected chi connectivity index (χ1v) is 26.2. The molecule has 0 aliphatic heterocycles. The summed E-state index contributed by atoms with van der Waals surface area (Å²) in [5.41, 5.74) is 0. The smallest absolute Gasteiger partial charge is 0.457 e. The molecule has 0 amide bonds. The van der Waals surface area contributed by atoms with E-state index in [9.17, 15) is 39.8 Å². The van der Waals surface area contributed by atoms with Crippen molar-refractivity contribution in [3.05, 3.63) is 109 Å². The first-order valence-electron chi connectivity index (χ1n) is 24.7. The predicted octanol–water partition coefficient (Wildman–Crippen LogP) is 10.9. The number of aliphatic hydroxyl groups excluding tert-OH is 5. The zero-order valence-electron chi connectivity index (χ0n) is 40.2. The van der Waals surface area contributed by atoms with Crippen molar-refractivity contribution in [2.75, 3.05) is 19.8 Å². The average Bonchev–Trinajstić information content (AvgIpc) is 3.30. The molecule has 0 radical (unpaired) electrons. The summed E-state index contributed by atoms with van der Waals surface area (Å²) in [7, 11) is -5.04. The summed E-state index contributed by atoms with van der Waals surface area (Å²) in [6.45, 7) is 3.95. The topological polar surface area (TPSA) is 192 Å². The highest BCUT2D eigenvalue weighted by Gasteiger charge is 2.51. The molecule has 6 N–H and O–H groups in total. The molecule has 66 heavy (non-hydrogen) atoms. The van der Waals surface area contributed by atoms with Gasteiger partial charge in [-0.15, -0.1) is 0 Å². The van der Waals surface area contributed by atoms with Crippen LogP contribution in [0.25, 0.3) is 0 Å². The maximum absolute atomic E-state index is 12.8. The number of carbonyl (C=O) groups excluding carboxylic acids is 1. The first kappa shape index (κ1) is 61.0. The van der Waals surface area contributed by atoms with E-state index in [1.807, 2.05) is 0 Å². The van der Waals surface area contributed by atoms with E-state index < -0.39 is 63.1 Å². The van der Waals surface area contributed by atoms with Crippen LogP contribution in [0, 0.1) is 0 Å². The summed E-state index contributed by atoms with van der Waals surface area (Å²) < 4.78 is 34.2. The van der Waals surface area contributed by atoms with Crippen molar-refractivity contribution in [2.24, 2.45) is 0 Å². The number of aliphatic hydroxyl groups is 5. The lowest BCUT2D eigenvalue weighted by atomic mass is 9.85. The highest BCUT2D eigenvalue weighted by Crippen LogP contribution is 2.47. The Labute approximate surface area is 397 Å². The fraction of sp³-hybridized carbons (Fsp3) is 0.642. The van der Waals surface area contributed by atoms with Crippen LogP contribution in [0.4, 0.5) is 0 Å². The molecule has 1 aliphatic rings. The molecule has 0 spiro atoms. The van der Waals surface area contributed by atoms with Crippen LogP contribution in [0.15, 0.2) is 109 Å². The van der Waals surface area contributed by atoms with Gasteiger partial charge in [0.05, 0.1) is 13.2 Å². The van der Waals surface area contributed by atoms with E-state index in [1.54, 1.807) is 0 Å². The van der Waals surface area contributed by atoms with E-state index in [4.69, 9.17) is 18.5 Å². The molecule has 13 heteroatoms. The second-order valence-electron chi connectivity index (χ2n) is 16.5. The molecule has 0 heterocycles. The van der Waals surface area contributed by atoms with E-state index in [0.717, 1.165) is 103 Å². The van der Waals surface area contributed by atoms with Crippen LogP contribution in [0.1, 0.15) is 155 Å². The Morgan fingerprint density at radius 1 is 0.485 bits per heavy atom. The Balaban J connectivity index is 2.38. The molecule has 376 valence electrons. The Kier molecular flexibility index (Phi) is 38.9. The van der Waals surface area contributed by atoms with E-state index >= 15 is 0 Å². The quantitative estimate of drug-likeness (QED) is 0.0148. The normalized spacial score (nSPS) is 22.4. The molecule has 1 rings (SSSR count). The summed E-state index contributed by atoms with van der Waals surface area (Å²) in [5.74, 6) is -0.526. The summed E-state index contributed by atoms with van der Waals surface area (Å²) in [4.78, 5) is 23.2. The van der Waals surface area contributed by atoms with E-state index in [2.05, 4.69) is 123 Å². The molecule has 6 atom stereocenters. The highest BCUT2D eigenvalue weighted by molar-refractivity contribution is 7.47. The molecule has 0 aromatic carbocycles. The lowest BCUT2D eigenvalue weighted by molar-refractivity contribution is -0.220. The fourth-order valence-corrected chi connectivity index (χ4v) is 7.76. The van der Waals surface area contributed by atoms with Gasteiger partial charge in [0.25, 0.3) is 0 Å². The average molecular weight is 947 g/mol. The minimum atomic E-state index is -5.04. The van der Waals surface area contributed by atoms with Crippen molar-refractivity contribution in [2.45, 2.75) is 198 Å². The molecular formula is C53H87O12P. The van der Waals surface area contributed by atoms with Gasteiger partial charge in [-0.05, 0) is 96.3 Å². The van der Waals surface area contributed by atoms with Crippen LogP contribution < -0.4 is 0 Å². The Morgan fingerprint density at radius 2 is 0.848 bits per heavy atom. The summed E-state index contributed by atoms with van der Waals surface area (Å²) >= 11 is 0. The van der Waals surface area contributed by atoms with Crippen LogP contribution in [-0.4, -0.2) is 98.9 Å². The number of rotatable bonds is 40. The second kappa shape index (κ2) is 42.1. The third-order valence-corrected chi connectivity index (χ3v) is 11.6. The molecule has 6 unspecified atom stereocenters. The van der Waals surface area contributed by atoms with Crippen molar-refractivity contribution in [1.82, 2.24) is 0 Å². The van der Waals surface area contributed by atoms with Gasteiger partial charge in [0.15, 0.2) is 0 Å². The van der Waals surface area contributed by atoms with Gasteiger partial charge in [-0.3, -0.25) is 13.8 Å². The standard InChI is InChI=1S/C53H87O12P/c1-3-5-7-9-11-13-15-17-19-20-21-22-23-24-25-26-27-29-31-33-35-37-39-41-43-62-44-46(45-63-66(60,61)65-53-51(58)49(56)48(55)50(57)52(53)59)64-47(54)42-40-38-36-34-32-30-28-18-16-14-12-10-8-6-4-2/h5-8,11-14,17-19,21-22,24-25,28,32,34,46,48-53,55-59H,3-4,9-10,15-16,20,23,26-27,29-31,33,35-45H2,1-2H3,(H,60,61)/b7-5-,8-6-,13-11-,14-12-,19-17-,22-21-,25-24-,28-18-,34-32-. The monoisotopic (exact) mass is 947 g/mol. The predicted molar refractivity (Wildman–Crippen MR) is 267 cm³/mol. The molecule has 0 bridgehead atoms. The van der Waals surface area contributed by atoms with Crippen LogP contribution in [-0.2, 0) is 27.9 Å². The van der Waals surface area contributed by atoms with Crippen molar-refractivity contribution >= 4 is 13.8 Å². The van der Waals surface area contributed by atoms with Gasteiger partial charge in [0.2, 0.25) is 0 Å². The van der Waals surface area contributed by atoms with E-state index in [0.29, 0.717) is 13.0 Å². The summed E-state index contributed by atoms with van der Waals surface area (Å²) in [6.07, 6.45) is 47.3. The Hall–Kier alpha value is -3.00. The SMILES string of the molecule is CC/C=C\C/C=C\C/C=C\C/C=C\C/C=C\CCCCCCCCCCOCC(COP(=O)(O)OC1C(O)C(O)C(O)C(O)C1O)OC(=O)CCCC/C=C\C/C=C\C/C=C\C/C=C\CC. The second-order valence-corrected chi connectivity index (χ2v) is 18.0. The van der Waals surface area contributed by atoms with Crippen LogP contribution in [0.5, 0.6) is 0 Å². The van der Waals surface area contributed by atoms with Gasteiger partial charge in [-0.1, -0.05) is 162 Å². The fourth-order valence-electron chi connectivity index (χ4n) is 6.78. The molecule has 1 saturated carbocycles. The van der Waals surface area contributed by atoms with Crippen molar-refractivity contribution in [3.8, 4) is 0 Å². The molecule has 1 fully saturated rings. The zero-order valence-corrected chi connectivity index (χ0v) is 41.1. The Morgan fingerprint density at radius 3 is 1.29 bits per heavy atom. The van der Waals surface area contributed by atoms with E-state index in [1.165, 1.54) is 25.7 Å². The lowest BCUT2D eigenvalue weighted by Gasteiger charge is -2.41. The number of carbonyl (C=O) groups is 1. The summed E-state index contributed by atoms with van der Waals surface area (Å²) in [5, 5.41) is 50.3. The van der Waals surface area contributed by atoms with Gasteiger partial charge in [0, 0.05) is 13.0 Å². The molecule has 1 aliphatic carbocycles. The number of phosphoric ester groups is 1. The van der Waals surface area contributed by atoms with Crippen molar-refractivity contribution < 1.29 is 58.3 Å². The number of unbranched alkanes of at least 4 members (excludes halogenated alkanes) is 10. The molecule has 0 saturated heterocycles. The maximum Gasteiger partial charge on any atom is 0.472 e. The van der Waals surface area contributed by atoms with Gasteiger partial charge < -0.3 is 39.9 Å². The Bertz CT molecular complexity index is 1500. The molecule has 0 aromatic heterocycles. The largest absolute Gasteiger partial charge is 0.472 e. The van der Waals surface area contributed by atoms with Crippen LogP contribution in [0.3, 0.4) is 0 Å². The molecular weight excluding hydrogens is 860 g/mol. The number of phosphoric acid groups is 1. The summed E-state index contributed by atoms with van der Waals surface area (Å²) in [6, 6.07) is 0. The van der Waals surface area contributed by atoms with Gasteiger partial charge in [0.1, 0.15) is 42.7 Å². The number of allylic oxidation sites excluding steroid dienone is 18.